The molecule has 3 aliphatic rings. The number of fused-ring (bicyclic) bond motifs is 4. The van der Waals surface area contributed by atoms with Crippen molar-refractivity contribution in [2.45, 2.75) is 23.1 Å². The SMILES string of the molecule is CCCOS(=O)(=O)O.O=S([O-])c1cc2c(cc1NCCOS(=O)(=O)[O-])Oc1c(c(Cl)c3oc4cc(=NCCOS(=O)(=O)[O-])c(S(=O)(=O)CCOS(=O)(=O)[O-])cc-4nc3c1Cl)N2.[K+].[Na+]. The summed E-state index contributed by atoms with van der Waals surface area (Å²) in [6.07, 6.45) is 0.569. The molecule has 2 heterocycles. The first-order valence-electron chi connectivity index (χ1n) is 16.0. The number of ether oxygens (including phenoxy) is 1. The van der Waals surface area contributed by atoms with E-state index in [4.69, 9.17) is 36.9 Å². The van der Waals surface area contributed by atoms with Crippen molar-refractivity contribution in [3.8, 4) is 23.0 Å². The Morgan fingerprint density at radius 1 is 0.873 bits per heavy atom. The van der Waals surface area contributed by atoms with E-state index in [1.54, 1.807) is 6.92 Å². The van der Waals surface area contributed by atoms with E-state index in [1.807, 2.05) is 0 Å². The molecule has 0 saturated heterocycles. The third-order valence-corrected chi connectivity index (χ3v) is 12.0. The third kappa shape index (κ3) is 17.7. The van der Waals surface area contributed by atoms with E-state index in [-0.39, 0.29) is 160 Å². The fourth-order valence-electron chi connectivity index (χ4n) is 4.79. The molecule has 0 radical (unpaired) electrons. The Morgan fingerprint density at radius 3 is 2.03 bits per heavy atom. The van der Waals surface area contributed by atoms with Crippen molar-refractivity contribution in [2.24, 2.45) is 4.99 Å². The van der Waals surface area contributed by atoms with Crippen LogP contribution in [0.2, 0.25) is 10.0 Å². The predicted octanol–water partition coefficient (Wildman–Crippen LogP) is -4.93. The zero-order valence-corrected chi connectivity index (χ0v) is 43.6. The van der Waals surface area contributed by atoms with Crippen LogP contribution in [-0.2, 0) is 79.2 Å². The van der Waals surface area contributed by atoms with Gasteiger partial charge in [-0.25, -0.2) is 42.8 Å². The van der Waals surface area contributed by atoms with Gasteiger partial charge in [-0.05, 0) is 29.6 Å². The zero-order chi connectivity index (χ0) is 45.7. The number of hydrogen-bond donors (Lipinski definition) is 3. The summed E-state index contributed by atoms with van der Waals surface area (Å²) in [5.74, 6) is -1.43. The second-order valence-electron chi connectivity index (χ2n) is 11.4. The molecule has 1 aliphatic carbocycles. The summed E-state index contributed by atoms with van der Waals surface area (Å²) < 4.78 is 203. The standard InChI is InChI=1S/C24H22Cl2N4O18S5.C3H8O4S.K.Na/c25-19-21-23(47-15-7-13(27-1-3-44-51(35,36)37)17(49(31)32)9-11(15)29-21)20(26)22-24(19)48-16-8-14(28-2-4-45-52(38,39)40)18(10-12(16)30-22)50(33,34)6-5-46-53(41,42)43;1-2-3-7-8(4,5)6;;/h7-10,27,29H,1-6H2,(H,31,32)(H,35,36,37)(H,38,39,40)(H,41,42,43);2-3H2,1H3,(H,4,5,6);;/q;;2*+1/p-4. The fourth-order valence-corrected chi connectivity index (χ4v) is 8.43. The Morgan fingerprint density at radius 2 is 1.48 bits per heavy atom. The molecule has 0 aromatic heterocycles. The number of anilines is 3. The molecular weight excluding hydrogens is 1060 g/mol. The Labute approximate surface area is 435 Å². The molecule has 0 bridgehead atoms. The van der Waals surface area contributed by atoms with Gasteiger partial charge in [-0.2, -0.15) is 8.42 Å². The maximum atomic E-state index is 13.2. The quantitative estimate of drug-likeness (QED) is 0.0185. The van der Waals surface area contributed by atoms with Crippen LogP contribution in [0.3, 0.4) is 0 Å². The monoisotopic (exact) mass is 1080 g/mol. The van der Waals surface area contributed by atoms with E-state index in [2.05, 4.69) is 37.3 Å². The Hall–Kier alpha value is -0.784. The fraction of sp³-hybridized carbons (Fsp3) is 0.333. The minimum Gasteiger partial charge on any atom is -0.768 e. The average molecular weight is 1080 g/mol. The molecule has 0 spiro atoms. The van der Waals surface area contributed by atoms with Crippen molar-refractivity contribution in [2.75, 3.05) is 55.9 Å². The number of nitrogens with one attached hydrogen (secondary N) is 2. The van der Waals surface area contributed by atoms with E-state index in [0.717, 1.165) is 18.2 Å². The van der Waals surface area contributed by atoms with Gasteiger partial charge in [0, 0.05) is 18.7 Å². The predicted molar refractivity (Wildman–Crippen MR) is 203 cm³/mol. The van der Waals surface area contributed by atoms with Gasteiger partial charge >= 0.3 is 91.3 Å². The van der Waals surface area contributed by atoms with Gasteiger partial charge in [0.25, 0.3) is 0 Å². The van der Waals surface area contributed by atoms with E-state index >= 15 is 0 Å². The van der Waals surface area contributed by atoms with E-state index in [9.17, 15) is 64.5 Å². The Kier molecular flexibility index (Phi) is 22.2. The summed E-state index contributed by atoms with van der Waals surface area (Å²) >= 11 is 10.5. The number of sulfone groups is 1. The van der Waals surface area contributed by atoms with Gasteiger partial charge in [0.05, 0.1) is 65.2 Å². The molecule has 63 heavy (non-hydrogen) atoms. The number of hydrogen-bond acceptors (Lipinski definition) is 25. The van der Waals surface area contributed by atoms with E-state index < -0.39 is 105 Å². The molecule has 1 atom stereocenters. The molecule has 2 aliphatic heterocycles. The molecule has 2 aromatic carbocycles. The Balaban J connectivity index is 0.00000124. The number of benzene rings is 3. The maximum absolute atomic E-state index is 13.2. The smallest absolute Gasteiger partial charge is 0.768 e. The first-order valence-corrected chi connectivity index (χ1v) is 24.9. The Bertz CT molecular complexity index is 2960. The van der Waals surface area contributed by atoms with Crippen LogP contribution in [0.1, 0.15) is 13.3 Å². The first kappa shape index (κ1) is 58.3. The molecule has 5 rings (SSSR count). The van der Waals surface area contributed by atoms with Gasteiger partial charge < -0.3 is 38.0 Å². The van der Waals surface area contributed by atoms with Gasteiger partial charge in [-0.3, -0.25) is 26.3 Å². The van der Waals surface area contributed by atoms with Crippen LogP contribution in [0.4, 0.5) is 17.1 Å². The van der Waals surface area contributed by atoms with Crippen LogP contribution in [0.25, 0.3) is 22.6 Å². The largest absolute Gasteiger partial charge is 1.00 e. The molecule has 2 aromatic rings. The van der Waals surface area contributed by atoms with Crippen LogP contribution < -0.4 is 102 Å². The van der Waals surface area contributed by atoms with Crippen molar-refractivity contribution in [1.29, 1.82) is 0 Å². The molecule has 0 saturated carbocycles. The summed E-state index contributed by atoms with van der Waals surface area (Å²) in [6.45, 7) is -1.64. The summed E-state index contributed by atoms with van der Waals surface area (Å²) in [5, 5.41) is 4.60. The molecule has 3 N–H and O–H groups in total. The maximum Gasteiger partial charge on any atom is 1.00 e. The zero-order valence-electron chi connectivity index (χ0n) is 32.1. The molecule has 1 unspecified atom stereocenters. The molecule has 340 valence electrons. The molecule has 36 heteroatoms. The molecule has 26 nitrogen and oxygen atoms in total. The van der Waals surface area contributed by atoms with Gasteiger partial charge in [-0.15, -0.1) is 0 Å². The van der Waals surface area contributed by atoms with E-state index in [0.29, 0.717) is 6.42 Å². The van der Waals surface area contributed by atoms with E-state index in [1.165, 1.54) is 6.07 Å². The number of nitrogens with zero attached hydrogens (tertiary/aromatic N) is 2. The van der Waals surface area contributed by atoms with Crippen molar-refractivity contribution >= 4 is 114 Å². The summed E-state index contributed by atoms with van der Waals surface area (Å²) in [5.41, 5.74) is -0.679. The van der Waals surface area contributed by atoms with Crippen molar-refractivity contribution < 1.29 is 176 Å². The average Bonchev–Trinajstić information content (AvgIpc) is 3.13. The van der Waals surface area contributed by atoms with Crippen LogP contribution in [0.15, 0.2) is 43.5 Å². The summed E-state index contributed by atoms with van der Waals surface area (Å²) in [7, 11) is -24.1. The second-order valence-corrected chi connectivity index (χ2v) is 19.4. The van der Waals surface area contributed by atoms with Gasteiger partial charge in [0.15, 0.2) is 32.7 Å². The number of rotatable bonds is 18. The summed E-state index contributed by atoms with van der Waals surface area (Å²) in [6, 6.07) is 4.31. The second kappa shape index (κ2) is 24.0. The van der Waals surface area contributed by atoms with Crippen molar-refractivity contribution in [1.82, 2.24) is 4.98 Å². The van der Waals surface area contributed by atoms with Crippen molar-refractivity contribution in [3.05, 3.63) is 39.7 Å². The third-order valence-electron chi connectivity index (χ3n) is 7.08. The van der Waals surface area contributed by atoms with Gasteiger partial charge in [-0.1, -0.05) is 30.1 Å². The summed E-state index contributed by atoms with van der Waals surface area (Å²) in [4.78, 5) is 7.36. The van der Waals surface area contributed by atoms with Crippen LogP contribution in [0, 0.1) is 0 Å². The van der Waals surface area contributed by atoms with Gasteiger partial charge in [0.1, 0.15) is 26.9 Å². The topological polar surface area (TPSA) is 409 Å². The van der Waals surface area contributed by atoms with Crippen LogP contribution >= 0.6 is 23.2 Å². The number of halogens is 2. The molecule has 0 amide bonds. The first-order chi connectivity index (χ1) is 28.1. The van der Waals surface area contributed by atoms with Gasteiger partial charge in [0.2, 0.25) is 31.2 Å². The minimum absolute atomic E-state index is 0. The van der Waals surface area contributed by atoms with Crippen LogP contribution in [0.5, 0.6) is 11.5 Å². The normalized spacial score (nSPS) is 13.6. The van der Waals surface area contributed by atoms with Crippen molar-refractivity contribution in [3.63, 3.8) is 0 Å². The van der Waals surface area contributed by atoms with Crippen LogP contribution in [-0.4, -0.2) is 119 Å². The molecular formula is C27H26Cl2KN4NaO22S6-2. The molecule has 0 fully saturated rings. The number of aromatic nitrogens is 1. The minimum atomic E-state index is -5.26.